The molecular weight excluding hydrogens is 705 g/mol. The van der Waals surface area contributed by atoms with Crippen LogP contribution in [-0.2, 0) is 0 Å². The Morgan fingerprint density at radius 2 is 0.877 bits per heavy atom. The lowest BCUT2D eigenvalue weighted by molar-refractivity contribution is 0.668. The molecule has 0 atom stereocenters. The summed E-state index contributed by atoms with van der Waals surface area (Å²) in [5.41, 5.74) is 11.2. The van der Waals surface area contributed by atoms with Crippen LogP contribution < -0.4 is 0 Å². The molecule has 0 radical (unpaired) electrons. The van der Waals surface area contributed by atoms with E-state index in [0.29, 0.717) is 17.5 Å². The number of hydrogen-bond donors (Lipinski definition) is 0. The van der Waals surface area contributed by atoms with Gasteiger partial charge in [0.1, 0.15) is 33.5 Å². The third-order valence-corrected chi connectivity index (χ3v) is 10.9. The van der Waals surface area contributed by atoms with Gasteiger partial charge in [-0.3, -0.25) is 4.98 Å². The van der Waals surface area contributed by atoms with Gasteiger partial charge >= 0.3 is 0 Å². The number of furan rings is 3. The first-order chi connectivity index (χ1) is 28.2. The molecule has 0 amide bonds. The highest BCUT2D eigenvalue weighted by molar-refractivity contribution is 6.16. The topological polar surface area (TPSA) is 91.0 Å². The van der Waals surface area contributed by atoms with Crippen molar-refractivity contribution in [2.75, 3.05) is 0 Å². The van der Waals surface area contributed by atoms with E-state index in [9.17, 15) is 0 Å². The number of benzene rings is 7. The Morgan fingerprint density at radius 1 is 0.333 bits per heavy atom. The van der Waals surface area contributed by atoms with Crippen molar-refractivity contribution in [3.05, 3.63) is 170 Å². The molecular formula is C50H28N4O3. The van der Waals surface area contributed by atoms with Gasteiger partial charge in [0, 0.05) is 72.5 Å². The van der Waals surface area contributed by atoms with Crippen molar-refractivity contribution in [2.45, 2.75) is 0 Å². The molecule has 12 rings (SSSR count). The maximum absolute atomic E-state index is 6.73. The van der Waals surface area contributed by atoms with E-state index in [0.717, 1.165) is 105 Å². The second-order valence-corrected chi connectivity index (χ2v) is 14.2. The Hall–Kier alpha value is -7.90. The van der Waals surface area contributed by atoms with Gasteiger partial charge in [-0.25, -0.2) is 15.0 Å². The fraction of sp³-hybridized carbons (Fsp3) is 0. The van der Waals surface area contributed by atoms with Crippen molar-refractivity contribution >= 4 is 65.8 Å². The Labute approximate surface area is 324 Å². The first-order valence-electron chi connectivity index (χ1n) is 18.8. The van der Waals surface area contributed by atoms with E-state index >= 15 is 0 Å². The summed E-state index contributed by atoms with van der Waals surface area (Å²) in [6.45, 7) is 0. The van der Waals surface area contributed by atoms with Gasteiger partial charge in [-0.15, -0.1) is 0 Å². The largest absolute Gasteiger partial charge is 0.456 e. The van der Waals surface area contributed by atoms with Gasteiger partial charge in [0.2, 0.25) is 0 Å². The molecule has 0 fully saturated rings. The van der Waals surface area contributed by atoms with Crippen LogP contribution in [0.2, 0.25) is 0 Å². The van der Waals surface area contributed by atoms with Crippen LogP contribution in [-0.4, -0.2) is 19.9 Å². The van der Waals surface area contributed by atoms with Crippen LogP contribution in [0.15, 0.2) is 183 Å². The molecule has 57 heavy (non-hydrogen) atoms. The number of fused-ring (bicyclic) bond motifs is 9. The molecule has 7 heteroatoms. The highest BCUT2D eigenvalue weighted by atomic mass is 16.3. The quantitative estimate of drug-likeness (QED) is 0.174. The number of para-hydroxylation sites is 3. The monoisotopic (exact) mass is 732 g/mol. The van der Waals surface area contributed by atoms with Crippen molar-refractivity contribution in [2.24, 2.45) is 0 Å². The summed E-state index contributed by atoms with van der Waals surface area (Å²) in [6, 6.07) is 53.2. The normalized spacial score (nSPS) is 11.9. The molecule has 0 saturated heterocycles. The predicted molar refractivity (Wildman–Crippen MR) is 227 cm³/mol. The van der Waals surface area contributed by atoms with Gasteiger partial charge in [0.15, 0.2) is 17.5 Å². The number of aromatic nitrogens is 4. The van der Waals surface area contributed by atoms with Crippen LogP contribution in [0, 0.1) is 0 Å². The maximum Gasteiger partial charge on any atom is 0.164 e. The lowest BCUT2D eigenvalue weighted by Gasteiger charge is -2.13. The zero-order valence-electron chi connectivity index (χ0n) is 30.2. The minimum atomic E-state index is 0.525. The fourth-order valence-electron chi connectivity index (χ4n) is 8.20. The summed E-state index contributed by atoms with van der Waals surface area (Å²) in [5.74, 6) is 1.59. The number of nitrogens with zero attached hydrogens (tertiary/aromatic N) is 4. The smallest absolute Gasteiger partial charge is 0.164 e. The molecule has 0 N–H and O–H groups in total. The standard InChI is InChI=1S/C50H28N4O3/c1-2-14-38(32(11-1)31-10-9-25-51-28-31)49-52-48(30-20-22-37-35-13-4-7-17-42(35)56-45(37)27-30)53-50(54-49)40-24-23-33(47-46(40)39-15-5-8-18-43(39)57-47)29-19-21-36-34-12-3-6-16-41(34)55-44(36)26-29/h1-28H. The van der Waals surface area contributed by atoms with Crippen LogP contribution in [0.3, 0.4) is 0 Å². The van der Waals surface area contributed by atoms with Gasteiger partial charge < -0.3 is 13.3 Å². The van der Waals surface area contributed by atoms with Crippen LogP contribution in [0.5, 0.6) is 0 Å². The molecule has 5 heterocycles. The summed E-state index contributed by atoms with van der Waals surface area (Å²) in [7, 11) is 0. The lowest BCUT2D eigenvalue weighted by atomic mass is 9.97. The Bertz CT molecular complexity index is 3540. The third-order valence-electron chi connectivity index (χ3n) is 10.9. The molecule has 0 aliphatic rings. The van der Waals surface area contributed by atoms with E-state index in [4.69, 9.17) is 28.2 Å². The zero-order valence-corrected chi connectivity index (χ0v) is 30.2. The third kappa shape index (κ3) is 4.99. The van der Waals surface area contributed by atoms with Crippen LogP contribution in [0.25, 0.3) is 122 Å². The Morgan fingerprint density at radius 3 is 1.58 bits per heavy atom. The summed E-state index contributed by atoms with van der Waals surface area (Å²) < 4.78 is 19.4. The summed E-state index contributed by atoms with van der Waals surface area (Å²) >= 11 is 0. The molecule has 5 aromatic heterocycles. The highest BCUT2D eigenvalue weighted by Gasteiger charge is 2.22. The summed E-state index contributed by atoms with van der Waals surface area (Å²) in [4.78, 5) is 20.1. The van der Waals surface area contributed by atoms with Crippen molar-refractivity contribution < 1.29 is 13.3 Å². The summed E-state index contributed by atoms with van der Waals surface area (Å²) in [6.07, 6.45) is 3.64. The highest BCUT2D eigenvalue weighted by Crippen LogP contribution is 2.43. The average Bonchev–Trinajstić information content (AvgIpc) is 3.97. The molecule has 0 spiro atoms. The second kappa shape index (κ2) is 12.3. The zero-order chi connectivity index (χ0) is 37.5. The van der Waals surface area contributed by atoms with E-state index in [1.165, 1.54) is 0 Å². The van der Waals surface area contributed by atoms with Gasteiger partial charge in [-0.05, 0) is 71.8 Å². The molecule has 7 nitrogen and oxygen atoms in total. The molecule has 0 unspecified atom stereocenters. The molecule has 266 valence electrons. The lowest BCUT2D eigenvalue weighted by Crippen LogP contribution is -2.01. The molecule has 12 aromatic rings. The van der Waals surface area contributed by atoms with Crippen molar-refractivity contribution in [3.63, 3.8) is 0 Å². The van der Waals surface area contributed by atoms with Gasteiger partial charge in [-0.2, -0.15) is 0 Å². The van der Waals surface area contributed by atoms with Crippen LogP contribution >= 0.6 is 0 Å². The second-order valence-electron chi connectivity index (χ2n) is 14.2. The van der Waals surface area contributed by atoms with Crippen molar-refractivity contribution in [1.29, 1.82) is 0 Å². The Kier molecular flexibility index (Phi) is 6.79. The van der Waals surface area contributed by atoms with Gasteiger partial charge in [0.05, 0.1) is 0 Å². The van der Waals surface area contributed by atoms with Crippen molar-refractivity contribution in [3.8, 4) is 56.4 Å². The Balaban J connectivity index is 1.10. The molecule has 0 aliphatic heterocycles. The molecule has 0 bridgehead atoms. The van der Waals surface area contributed by atoms with E-state index in [1.807, 2.05) is 97.2 Å². The van der Waals surface area contributed by atoms with E-state index in [2.05, 4.69) is 71.7 Å². The number of pyridine rings is 1. The minimum absolute atomic E-state index is 0.525. The predicted octanol–water partition coefficient (Wildman–Crippen LogP) is 13.3. The van der Waals surface area contributed by atoms with Crippen LogP contribution in [0.1, 0.15) is 0 Å². The molecule has 7 aromatic carbocycles. The van der Waals surface area contributed by atoms with E-state index < -0.39 is 0 Å². The van der Waals surface area contributed by atoms with Gasteiger partial charge in [-0.1, -0.05) is 97.1 Å². The fourth-order valence-corrected chi connectivity index (χ4v) is 8.20. The SMILES string of the molecule is c1cncc(-c2ccccc2-c2nc(-c3ccc4c(c3)oc3ccccc34)nc(-c3ccc(-c4ccc5c(c4)oc4ccccc45)c4oc5ccccc5c34)n2)c1. The maximum atomic E-state index is 6.73. The first-order valence-corrected chi connectivity index (χ1v) is 18.8. The molecule has 0 aliphatic carbocycles. The van der Waals surface area contributed by atoms with Crippen LogP contribution in [0.4, 0.5) is 0 Å². The van der Waals surface area contributed by atoms with E-state index in [1.54, 1.807) is 6.20 Å². The minimum Gasteiger partial charge on any atom is -0.456 e. The number of rotatable bonds is 5. The first kappa shape index (κ1) is 31.5. The summed E-state index contributed by atoms with van der Waals surface area (Å²) in [5, 5.41) is 6.16. The van der Waals surface area contributed by atoms with E-state index in [-0.39, 0.29) is 0 Å². The molecule has 0 saturated carbocycles. The number of hydrogen-bond acceptors (Lipinski definition) is 7. The van der Waals surface area contributed by atoms with Crippen molar-refractivity contribution in [1.82, 2.24) is 19.9 Å². The average molecular weight is 733 g/mol. The van der Waals surface area contributed by atoms with Gasteiger partial charge in [0.25, 0.3) is 0 Å².